The van der Waals surface area contributed by atoms with Crippen molar-refractivity contribution in [3.63, 3.8) is 0 Å². The number of rotatable bonds is 21. The largest absolute Gasteiger partial charge is 0.508 e. The van der Waals surface area contributed by atoms with Crippen molar-refractivity contribution in [2.75, 3.05) is 0 Å². The van der Waals surface area contributed by atoms with Gasteiger partial charge in [0.15, 0.2) is 0 Å². The van der Waals surface area contributed by atoms with Gasteiger partial charge in [0.25, 0.3) is 0 Å². The topological polar surface area (TPSA) is 20.2 Å². The Kier molecular flexibility index (Phi) is 17.8. The molecule has 0 aliphatic rings. The van der Waals surface area contributed by atoms with Gasteiger partial charge in [-0.05, 0) is 42.7 Å². The molecule has 1 heteroatoms. The summed E-state index contributed by atoms with van der Waals surface area (Å²) in [6, 6.07) is 8.21. The average molecular weight is 431 g/mol. The van der Waals surface area contributed by atoms with Crippen LogP contribution in [-0.2, 0) is 0 Å². The molecule has 1 nitrogen and oxygen atoms in total. The third kappa shape index (κ3) is 13.2. The number of aromatic hydroxyl groups is 1. The van der Waals surface area contributed by atoms with Crippen molar-refractivity contribution in [3.8, 4) is 5.75 Å². The maximum absolute atomic E-state index is 10.7. The first-order valence-electron chi connectivity index (χ1n) is 14.0. The van der Waals surface area contributed by atoms with Crippen LogP contribution in [0.2, 0.25) is 0 Å². The Morgan fingerprint density at radius 2 is 0.968 bits per heavy atom. The van der Waals surface area contributed by atoms with E-state index in [-0.39, 0.29) is 0 Å². The summed E-state index contributed by atoms with van der Waals surface area (Å²) in [5, 5.41) is 10.7. The third-order valence-corrected chi connectivity index (χ3v) is 7.13. The maximum Gasteiger partial charge on any atom is 0.119 e. The van der Waals surface area contributed by atoms with Gasteiger partial charge in [-0.3, -0.25) is 0 Å². The van der Waals surface area contributed by atoms with Crippen LogP contribution in [0.4, 0.5) is 0 Å². The summed E-state index contributed by atoms with van der Waals surface area (Å²) >= 11 is 0. The Morgan fingerprint density at radius 1 is 0.548 bits per heavy atom. The lowest BCUT2D eigenvalue weighted by Gasteiger charge is -2.29. The number of benzene rings is 1. The SMILES string of the molecule is CCCCCCCCCC(c1ccccc1O)C(CCCCCC)CCCCCCC. The summed E-state index contributed by atoms with van der Waals surface area (Å²) in [4.78, 5) is 0. The number of hydrogen-bond donors (Lipinski definition) is 1. The molecule has 31 heavy (non-hydrogen) atoms. The van der Waals surface area contributed by atoms with Gasteiger partial charge in [0.05, 0.1) is 0 Å². The van der Waals surface area contributed by atoms with Gasteiger partial charge in [-0.2, -0.15) is 0 Å². The second kappa shape index (κ2) is 19.7. The van der Waals surface area contributed by atoms with Gasteiger partial charge in [-0.15, -0.1) is 0 Å². The molecule has 2 atom stereocenters. The van der Waals surface area contributed by atoms with Crippen LogP contribution in [-0.4, -0.2) is 5.11 Å². The normalized spacial score (nSPS) is 13.4. The molecule has 1 aromatic rings. The zero-order valence-electron chi connectivity index (χ0n) is 21.3. The maximum atomic E-state index is 10.7. The van der Waals surface area contributed by atoms with Gasteiger partial charge in [0.2, 0.25) is 0 Å². The number of unbranched alkanes of at least 4 members (excludes halogenated alkanes) is 13. The van der Waals surface area contributed by atoms with E-state index in [1.165, 1.54) is 128 Å². The predicted molar refractivity (Wildman–Crippen MR) is 139 cm³/mol. The Bertz CT molecular complexity index is 509. The molecule has 0 saturated carbocycles. The van der Waals surface area contributed by atoms with Crippen LogP contribution >= 0.6 is 0 Å². The van der Waals surface area contributed by atoms with E-state index in [0.29, 0.717) is 11.7 Å². The molecule has 0 aromatic heterocycles. The molecule has 0 spiro atoms. The van der Waals surface area contributed by atoms with E-state index in [4.69, 9.17) is 0 Å². The molecule has 1 aromatic carbocycles. The second-order valence-corrected chi connectivity index (χ2v) is 9.89. The average Bonchev–Trinajstić information content (AvgIpc) is 2.78. The monoisotopic (exact) mass is 430 g/mol. The van der Waals surface area contributed by atoms with Crippen molar-refractivity contribution in [1.82, 2.24) is 0 Å². The lowest BCUT2D eigenvalue weighted by molar-refractivity contribution is 0.314. The molecule has 180 valence electrons. The summed E-state index contributed by atoms with van der Waals surface area (Å²) in [6.07, 6.45) is 25.7. The first-order valence-corrected chi connectivity index (χ1v) is 14.0. The van der Waals surface area contributed by atoms with Gasteiger partial charge < -0.3 is 5.11 Å². The Morgan fingerprint density at radius 3 is 1.48 bits per heavy atom. The minimum absolute atomic E-state index is 0.528. The van der Waals surface area contributed by atoms with Gasteiger partial charge in [-0.1, -0.05) is 142 Å². The molecule has 0 saturated heterocycles. The summed E-state index contributed by atoms with van der Waals surface area (Å²) in [5.74, 6) is 1.79. The van der Waals surface area contributed by atoms with Gasteiger partial charge in [0, 0.05) is 0 Å². The molecule has 0 aliphatic heterocycles. The fraction of sp³-hybridized carbons (Fsp3) is 0.800. The van der Waals surface area contributed by atoms with Crippen molar-refractivity contribution < 1.29 is 5.11 Å². The fourth-order valence-corrected chi connectivity index (χ4v) is 5.16. The molecule has 2 unspecified atom stereocenters. The number of hydrogen-bond acceptors (Lipinski definition) is 1. The number of phenols is 1. The van der Waals surface area contributed by atoms with E-state index < -0.39 is 0 Å². The van der Waals surface area contributed by atoms with Crippen LogP contribution in [0.5, 0.6) is 5.75 Å². The van der Waals surface area contributed by atoms with Crippen LogP contribution in [0.1, 0.15) is 154 Å². The Hall–Kier alpha value is -0.980. The zero-order valence-corrected chi connectivity index (χ0v) is 21.3. The second-order valence-electron chi connectivity index (χ2n) is 9.89. The summed E-state index contributed by atoms with van der Waals surface area (Å²) in [6.45, 7) is 6.89. The Labute approximate surface area is 195 Å². The van der Waals surface area contributed by atoms with Crippen LogP contribution in [0.15, 0.2) is 24.3 Å². The highest BCUT2D eigenvalue weighted by atomic mass is 16.3. The molecule has 0 radical (unpaired) electrons. The minimum Gasteiger partial charge on any atom is -0.508 e. The van der Waals surface area contributed by atoms with Crippen molar-refractivity contribution in [3.05, 3.63) is 29.8 Å². The first-order chi connectivity index (χ1) is 15.2. The van der Waals surface area contributed by atoms with Crippen LogP contribution < -0.4 is 0 Å². The summed E-state index contributed by atoms with van der Waals surface area (Å²) in [5.41, 5.74) is 1.22. The molecule has 0 heterocycles. The van der Waals surface area contributed by atoms with Crippen LogP contribution in [0, 0.1) is 5.92 Å². The zero-order chi connectivity index (χ0) is 22.6. The molecule has 1 N–H and O–H groups in total. The number of para-hydroxylation sites is 1. The minimum atomic E-state index is 0.528. The van der Waals surface area contributed by atoms with E-state index >= 15 is 0 Å². The summed E-state index contributed by atoms with van der Waals surface area (Å²) < 4.78 is 0. The highest BCUT2D eigenvalue weighted by molar-refractivity contribution is 5.35. The van der Waals surface area contributed by atoms with E-state index in [9.17, 15) is 5.11 Å². The smallest absolute Gasteiger partial charge is 0.119 e. The van der Waals surface area contributed by atoms with Crippen molar-refractivity contribution in [2.24, 2.45) is 5.92 Å². The first kappa shape index (κ1) is 28.1. The molecular weight excluding hydrogens is 376 g/mol. The van der Waals surface area contributed by atoms with Gasteiger partial charge in [-0.25, -0.2) is 0 Å². The molecule has 1 rings (SSSR count). The van der Waals surface area contributed by atoms with E-state index in [2.05, 4.69) is 32.9 Å². The van der Waals surface area contributed by atoms with E-state index in [1.54, 1.807) is 0 Å². The van der Waals surface area contributed by atoms with Crippen molar-refractivity contribution in [2.45, 2.75) is 149 Å². The highest BCUT2D eigenvalue weighted by Gasteiger charge is 2.24. The lowest BCUT2D eigenvalue weighted by atomic mass is 9.76. The third-order valence-electron chi connectivity index (χ3n) is 7.13. The van der Waals surface area contributed by atoms with Gasteiger partial charge >= 0.3 is 0 Å². The van der Waals surface area contributed by atoms with E-state index in [0.717, 1.165) is 5.92 Å². The lowest BCUT2D eigenvalue weighted by Crippen LogP contribution is -2.14. The quantitative estimate of drug-likeness (QED) is 0.192. The van der Waals surface area contributed by atoms with E-state index in [1.807, 2.05) is 12.1 Å². The molecule has 0 fully saturated rings. The standard InChI is InChI=1S/C30H54O/c1-4-7-10-13-14-16-19-24-28(29-25-20-21-26-30(29)31)27(22-17-12-9-6-3)23-18-15-11-8-5-2/h20-21,25-28,31H,4-19,22-24H2,1-3H3. The van der Waals surface area contributed by atoms with Crippen molar-refractivity contribution >= 4 is 0 Å². The Balaban J connectivity index is 2.73. The fourth-order valence-electron chi connectivity index (χ4n) is 5.16. The van der Waals surface area contributed by atoms with Crippen molar-refractivity contribution in [1.29, 1.82) is 0 Å². The summed E-state index contributed by atoms with van der Waals surface area (Å²) in [7, 11) is 0. The highest BCUT2D eigenvalue weighted by Crippen LogP contribution is 2.40. The molecule has 0 bridgehead atoms. The molecule has 0 aliphatic carbocycles. The van der Waals surface area contributed by atoms with Gasteiger partial charge in [0.1, 0.15) is 5.75 Å². The number of phenolic OH excluding ortho intramolecular Hbond substituents is 1. The molecule has 0 amide bonds. The molecular formula is C30H54O. The van der Waals surface area contributed by atoms with Crippen LogP contribution in [0.25, 0.3) is 0 Å². The predicted octanol–water partition coefficient (Wildman–Crippen LogP) is 10.6. The van der Waals surface area contributed by atoms with Crippen LogP contribution in [0.3, 0.4) is 0 Å².